The molecule has 2 N–H and O–H groups in total. The Kier molecular flexibility index (Phi) is 9.34. The smallest absolute Gasteiger partial charge is 0.407 e. The van der Waals surface area contributed by atoms with Crippen LogP contribution in [0.2, 0.25) is 0 Å². The number of aromatic nitrogens is 2. The van der Waals surface area contributed by atoms with Gasteiger partial charge in [-0.1, -0.05) is 12.8 Å². The molecule has 0 spiro atoms. The minimum Gasteiger partial charge on any atom is -0.444 e. The molecule has 10 heteroatoms. The average molecular weight is 453 g/mol. The van der Waals surface area contributed by atoms with Crippen LogP contribution in [0.25, 0.3) is 0 Å². The van der Waals surface area contributed by atoms with Crippen LogP contribution in [0.1, 0.15) is 65.7 Å². The molecule has 1 aliphatic rings. The molecule has 1 aliphatic carbocycles. The van der Waals surface area contributed by atoms with E-state index in [0.717, 1.165) is 42.8 Å². The third-order valence-electron chi connectivity index (χ3n) is 5.20. The zero-order valence-corrected chi connectivity index (χ0v) is 19.0. The minimum absolute atomic E-state index is 0.113. The topological polar surface area (TPSA) is 119 Å². The molecule has 0 aromatic carbocycles. The highest BCUT2D eigenvalue weighted by molar-refractivity contribution is 5.89. The molecule has 1 heterocycles. The second-order valence-electron chi connectivity index (χ2n) is 9.11. The molecule has 0 radical (unpaired) electrons. The van der Waals surface area contributed by atoms with Gasteiger partial charge in [-0.15, -0.1) is 0 Å². The fourth-order valence-corrected chi connectivity index (χ4v) is 3.58. The Morgan fingerprint density at radius 1 is 1.25 bits per heavy atom. The van der Waals surface area contributed by atoms with Gasteiger partial charge in [0, 0.05) is 12.5 Å². The summed E-state index contributed by atoms with van der Waals surface area (Å²) in [6.45, 7) is 5.30. The summed E-state index contributed by atoms with van der Waals surface area (Å²) in [6, 6.07) is -0.806. The van der Waals surface area contributed by atoms with Gasteiger partial charge in [0.1, 0.15) is 5.60 Å². The molecule has 1 atom stereocenters. The van der Waals surface area contributed by atoms with Gasteiger partial charge in [-0.2, -0.15) is 4.39 Å². The lowest BCUT2D eigenvalue weighted by molar-refractivity contribution is -0.130. The first-order valence-corrected chi connectivity index (χ1v) is 11.1. The van der Waals surface area contributed by atoms with Gasteiger partial charge in [-0.3, -0.25) is 19.0 Å². The number of nitrogens with zero attached hydrogens (tertiary/aromatic N) is 2. The number of rotatable bonds is 10. The molecule has 1 fully saturated rings. The van der Waals surface area contributed by atoms with E-state index in [1.807, 2.05) is 0 Å². The Morgan fingerprint density at radius 2 is 1.94 bits per heavy atom. The molecule has 9 nitrogen and oxygen atoms in total. The van der Waals surface area contributed by atoms with Gasteiger partial charge >= 0.3 is 6.09 Å². The summed E-state index contributed by atoms with van der Waals surface area (Å²) in [6.07, 6.45) is 6.39. The number of carbonyl (C=O) groups excluding carboxylic acids is 3. The zero-order valence-electron chi connectivity index (χ0n) is 19.0. The Bertz CT molecular complexity index is 859. The third-order valence-corrected chi connectivity index (χ3v) is 5.20. The number of carbonyl (C=O) groups is 3. The summed E-state index contributed by atoms with van der Waals surface area (Å²) in [4.78, 5) is 52.6. The molecule has 1 saturated carbocycles. The minimum atomic E-state index is -1.04. The predicted molar refractivity (Wildman–Crippen MR) is 115 cm³/mol. The van der Waals surface area contributed by atoms with Crippen LogP contribution in [0.15, 0.2) is 17.3 Å². The van der Waals surface area contributed by atoms with Crippen molar-refractivity contribution in [2.24, 2.45) is 5.92 Å². The summed E-state index contributed by atoms with van der Waals surface area (Å²) in [5.74, 6) is -1.72. The van der Waals surface area contributed by atoms with Crippen LogP contribution >= 0.6 is 0 Å². The normalized spacial score (nSPS) is 15.2. The summed E-state index contributed by atoms with van der Waals surface area (Å²) in [5.41, 5.74) is -1.52. The van der Waals surface area contributed by atoms with Crippen LogP contribution in [0, 0.1) is 11.7 Å². The summed E-state index contributed by atoms with van der Waals surface area (Å²) in [7, 11) is 0. The molecule has 2 rings (SSSR count). The number of Topliss-reactive ketones (excluding diaryl/α,β-unsaturated/α-hetero) is 1. The van der Waals surface area contributed by atoms with Gasteiger partial charge in [0.2, 0.25) is 11.7 Å². The van der Waals surface area contributed by atoms with Crippen molar-refractivity contribution in [3.63, 3.8) is 0 Å². The number of halogens is 1. The lowest BCUT2D eigenvalue weighted by Crippen LogP contribution is -2.45. The maximum Gasteiger partial charge on any atom is 0.407 e. The maximum atomic E-state index is 13.5. The standard InChI is InChI=1S/C22H33FN4O5/c1-22(2,3)32-21(31)25-11-7-6-10-17(26-19(29)15-8-4-5-9-15)18(28)13-27-14-24-12-16(23)20(27)30/h12,14-15,17H,4-11,13H2,1-3H3,(H,25,31)(H,26,29)/t17-/m0/s1. The monoisotopic (exact) mass is 452 g/mol. The Labute approximate surface area is 187 Å². The molecule has 2 amide bonds. The Balaban J connectivity index is 1.92. The number of hydrogen-bond acceptors (Lipinski definition) is 6. The first-order valence-electron chi connectivity index (χ1n) is 11.1. The van der Waals surface area contributed by atoms with Crippen LogP contribution in [0.5, 0.6) is 0 Å². The van der Waals surface area contributed by atoms with E-state index in [-0.39, 0.29) is 18.4 Å². The second kappa shape index (κ2) is 11.7. The van der Waals surface area contributed by atoms with Crippen LogP contribution in [0.3, 0.4) is 0 Å². The van der Waals surface area contributed by atoms with Crippen LogP contribution in [0.4, 0.5) is 9.18 Å². The average Bonchev–Trinajstić information content (AvgIpc) is 3.24. The molecule has 0 aliphatic heterocycles. The van der Waals surface area contributed by atoms with Gasteiger partial charge in [-0.05, 0) is 52.9 Å². The van der Waals surface area contributed by atoms with Crippen molar-refractivity contribution >= 4 is 17.8 Å². The van der Waals surface area contributed by atoms with E-state index in [1.165, 1.54) is 0 Å². The third kappa shape index (κ3) is 8.39. The van der Waals surface area contributed by atoms with Crippen molar-refractivity contribution < 1.29 is 23.5 Å². The summed E-state index contributed by atoms with van der Waals surface area (Å²) in [5, 5.41) is 5.47. The van der Waals surface area contributed by atoms with Crippen molar-refractivity contribution in [1.82, 2.24) is 20.2 Å². The number of ketones is 1. The number of amides is 2. The highest BCUT2D eigenvalue weighted by atomic mass is 19.1. The van der Waals surface area contributed by atoms with E-state index < -0.39 is 34.9 Å². The van der Waals surface area contributed by atoms with Crippen molar-refractivity contribution in [1.29, 1.82) is 0 Å². The van der Waals surface area contributed by atoms with E-state index in [9.17, 15) is 23.6 Å². The van der Waals surface area contributed by atoms with E-state index in [2.05, 4.69) is 15.6 Å². The SMILES string of the molecule is CC(C)(C)OC(=O)NCCCC[C@H](NC(=O)C1CCCC1)C(=O)Cn1cncc(F)c1=O. The van der Waals surface area contributed by atoms with Gasteiger partial charge in [-0.25, -0.2) is 9.78 Å². The number of hydrogen-bond donors (Lipinski definition) is 2. The number of alkyl carbamates (subject to hydrolysis) is 1. The molecule has 32 heavy (non-hydrogen) atoms. The van der Waals surface area contributed by atoms with Crippen molar-refractivity contribution in [2.75, 3.05) is 6.54 Å². The highest BCUT2D eigenvalue weighted by Gasteiger charge is 2.27. The van der Waals surface area contributed by atoms with Crippen molar-refractivity contribution in [3.8, 4) is 0 Å². The molecule has 0 unspecified atom stereocenters. The number of ether oxygens (including phenoxy) is 1. The zero-order chi connectivity index (χ0) is 23.7. The predicted octanol–water partition coefficient (Wildman–Crippen LogP) is 2.32. The van der Waals surface area contributed by atoms with Gasteiger partial charge in [0.15, 0.2) is 5.78 Å². The summed E-state index contributed by atoms with van der Waals surface area (Å²) >= 11 is 0. The van der Waals surface area contributed by atoms with E-state index in [4.69, 9.17) is 4.74 Å². The second-order valence-corrected chi connectivity index (χ2v) is 9.11. The first-order chi connectivity index (χ1) is 15.1. The Morgan fingerprint density at radius 3 is 2.59 bits per heavy atom. The van der Waals surface area contributed by atoms with Crippen LogP contribution < -0.4 is 16.2 Å². The quantitative estimate of drug-likeness (QED) is 0.526. The number of nitrogens with one attached hydrogen (secondary N) is 2. The summed E-state index contributed by atoms with van der Waals surface area (Å²) < 4.78 is 19.5. The lowest BCUT2D eigenvalue weighted by Gasteiger charge is -2.21. The molecule has 1 aromatic rings. The fourth-order valence-electron chi connectivity index (χ4n) is 3.58. The van der Waals surface area contributed by atoms with E-state index >= 15 is 0 Å². The highest BCUT2D eigenvalue weighted by Crippen LogP contribution is 2.25. The van der Waals surface area contributed by atoms with Crippen molar-refractivity contribution in [3.05, 3.63) is 28.7 Å². The molecular weight excluding hydrogens is 419 g/mol. The van der Waals surface area contributed by atoms with Gasteiger partial charge < -0.3 is 15.4 Å². The number of unbranched alkanes of at least 4 members (excludes halogenated alkanes) is 1. The first kappa shape index (κ1) is 25.5. The van der Waals surface area contributed by atoms with Crippen molar-refractivity contribution in [2.45, 2.75) is 83.9 Å². The molecular formula is C22H33FN4O5. The van der Waals surface area contributed by atoms with E-state index in [1.54, 1.807) is 20.8 Å². The van der Waals surface area contributed by atoms with Crippen LogP contribution in [-0.4, -0.2) is 45.5 Å². The van der Waals surface area contributed by atoms with Gasteiger partial charge in [0.25, 0.3) is 5.56 Å². The Hall–Kier alpha value is -2.78. The molecule has 1 aromatic heterocycles. The lowest BCUT2D eigenvalue weighted by atomic mass is 10.0. The molecule has 0 bridgehead atoms. The molecule has 178 valence electrons. The largest absolute Gasteiger partial charge is 0.444 e. The van der Waals surface area contributed by atoms with Crippen LogP contribution in [-0.2, 0) is 20.9 Å². The fraction of sp³-hybridized carbons (Fsp3) is 0.682. The molecule has 0 saturated heterocycles. The maximum absolute atomic E-state index is 13.5. The van der Waals surface area contributed by atoms with E-state index in [0.29, 0.717) is 25.8 Å². The van der Waals surface area contributed by atoms with Gasteiger partial charge in [0.05, 0.1) is 25.1 Å².